The van der Waals surface area contributed by atoms with Gasteiger partial charge in [-0.3, -0.25) is 14.4 Å². The predicted molar refractivity (Wildman–Crippen MR) is 270 cm³/mol. The van der Waals surface area contributed by atoms with Crippen LogP contribution in [0.25, 0.3) is 0 Å². The fraction of sp³-hybridized carbons (Fsp3) is 0.947. The summed E-state index contributed by atoms with van der Waals surface area (Å²) in [7, 11) is 0. The smallest absolute Gasteiger partial charge is 0.306 e. The van der Waals surface area contributed by atoms with Gasteiger partial charge in [0.15, 0.2) is 6.10 Å². The Kier molecular flexibility index (Phi) is 51.7. The van der Waals surface area contributed by atoms with Gasteiger partial charge in [0.25, 0.3) is 0 Å². The van der Waals surface area contributed by atoms with E-state index in [9.17, 15) is 14.4 Å². The Morgan fingerprint density at radius 3 is 0.635 bits per heavy atom. The molecule has 0 aliphatic rings. The zero-order valence-corrected chi connectivity index (χ0v) is 42.9. The van der Waals surface area contributed by atoms with Crippen molar-refractivity contribution in [1.82, 2.24) is 0 Å². The zero-order valence-electron chi connectivity index (χ0n) is 42.9. The summed E-state index contributed by atoms with van der Waals surface area (Å²) >= 11 is 0. The second-order valence-electron chi connectivity index (χ2n) is 19.6. The molecular weight excluding hydrogens is 781 g/mol. The maximum atomic E-state index is 12.8. The lowest BCUT2D eigenvalue weighted by Gasteiger charge is -2.18. The molecule has 1 atom stereocenters. The summed E-state index contributed by atoms with van der Waals surface area (Å²) in [6.45, 7) is 6.70. The molecule has 0 N–H and O–H groups in total. The van der Waals surface area contributed by atoms with Crippen LogP contribution in [0, 0.1) is 0 Å². The molecular formula is C57H110O6. The summed E-state index contributed by atoms with van der Waals surface area (Å²) in [4.78, 5) is 38.0. The third kappa shape index (κ3) is 51.3. The topological polar surface area (TPSA) is 78.9 Å². The Balaban J connectivity index is 4.24. The number of carbonyl (C=O) groups excluding carboxylic acids is 3. The summed E-state index contributed by atoms with van der Waals surface area (Å²) in [5.74, 6) is -0.835. The first-order valence-corrected chi connectivity index (χ1v) is 28.5. The molecule has 1 unspecified atom stereocenters. The fourth-order valence-corrected chi connectivity index (χ4v) is 8.80. The molecule has 6 heteroatoms. The van der Waals surface area contributed by atoms with Gasteiger partial charge in [-0.1, -0.05) is 290 Å². The van der Waals surface area contributed by atoms with E-state index in [0.717, 1.165) is 57.8 Å². The lowest BCUT2D eigenvalue weighted by molar-refractivity contribution is -0.167. The van der Waals surface area contributed by atoms with E-state index in [-0.39, 0.29) is 31.1 Å². The third-order valence-electron chi connectivity index (χ3n) is 13.1. The van der Waals surface area contributed by atoms with E-state index in [2.05, 4.69) is 20.8 Å². The highest BCUT2D eigenvalue weighted by atomic mass is 16.6. The fourth-order valence-electron chi connectivity index (χ4n) is 8.80. The molecule has 0 saturated heterocycles. The third-order valence-corrected chi connectivity index (χ3v) is 13.1. The number of esters is 3. The maximum Gasteiger partial charge on any atom is 0.306 e. The number of rotatable bonds is 53. The van der Waals surface area contributed by atoms with Crippen LogP contribution in [0.3, 0.4) is 0 Å². The summed E-state index contributed by atoms with van der Waals surface area (Å²) in [6, 6.07) is 0. The van der Waals surface area contributed by atoms with Gasteiger partial charge in [0.05, 0.1) is 0 Å². The Labute approximate surface area is 393 Å². The Morgan fingerprint density at radius 2 is 0.429 bits per heavy atom. The molecule has 0 bridgehead atoms. The van der Waals surface area contributed by atoms with Crippen LogP contribution >= 0.6 is 0 Å². The average Bonchev–Trinajstić information content (AvgIpc) is 3.28. The Bertz CT molecular complexity index is 936. The summed E-state index contributed by atoms with van der Waals surface area (Å²) in [5.41, 5.74) is 0. The minimum Gasteiger partial charge on any atom is -0.462 e. The molecule has 0 radical (unpaired) electrons. The van der Waals surface area contributed by atoms with Crippen molar-refractivity contribution in [3.63, 3.8) is 0 Å². The van der Waals surface area contributed by atoms with Gasteiger partial charge in [-0.25, -0.2) is 0 Å². The SMILES string of the molecule is CCCCCCCCCCCCCCCCCCCCCC(=O)OCC(COC(=O)CCCCCCCCCCCCC)OC(=O)CCCCCCCCCCCCCCCCC. The van der Waals surface area contributed by atoms with Crippen LogP contribution in [0.4, 0.5) is 0 Å². The molecule has 0 aromatic carbocycles. The molecule has 6 nitrogen and oxygen atoms in total. The molecule has 0 fully saturated rings. The molecule has 63 heavy (non-hydrogen) atoms. The molecule has 0 aromatic rings. The van der Waals surface area contributed by atoms with Crippen molar-refractivity contribution in [2.45, 2.75) is 335 Å². The first-order valence-electron chi connectivity index (χ1n) is 28.5. The highest BCUT2D eigenvalue weighted by Crippen LogP contribution is 2.18. The van der Waals surface area contributed by atoms with Crippen molar-refractivity contribution >= 4 is 17.9 Å². The number of unbranched alkanes of at least 4 members (excludes halogenated alkanes) is 42. The zero-order chi connectivity index (χ0) is 45.8. The second-order valence-corrected chi connectivity index (χ2v) is 19.6. The van der Waals surface area contributed by atoms with Crippen LogP contribution < -0.4 is 0 Å². The van der Waals surface area contributed by atoms with Crippen molar-refractivity contribution in [3.05, 3.63) is 0 Å². The van der Waals surface area contributed by atoms with Gasteiger partial charge < -0.3 is 14.2 Å². The standard InChI is InChI=1S/C57H110O6/c1-4-7-10-13-16-19-22-24-26-27-28-29-31-32-35-38-41-44-47-50-56(59)62-53-54(52-61-55(58)49-46-43-40-37-34-21-18-15-12-9-6-3)63-57(60)51-48-45-42-39-36-33-30-25-23-20-17-14-11-8-5-2/h54H,4-53H2,1-3H3. The second kappa shape index (κ2) is 53.0. The summed E-state index contributed by atoms with van der Waals surface area (Å²) in [6.07, 6.45) is 58.1. The largest absolute Gasteiger partial charge is 0.462 e. The lowest BCUT2D eigenvalue weighted by Crippen LogP contribution is -2.30. The van der Waals surface area contributed by atoms with Gasteiger partial charge in [0, 0.05) is 19.3 Å². The molecule has 374 valence electrons. The van der Waals surface area contributed by atoms with E-state index in [1.165, 1.54) is 231 Å². The van der Waals surface area contributed by atoms with Gasteiger partial charge >= 0.3 is 17.9 Å². The van der Waals surface area contributed by atoms with Crippen LogP contribution in [-0.4, -0.2) is 37.2 Å². The van der Waals surface area contributed by atoms with Crippen LogP contribution in [0.1, 0.15) is 329 Å². The first-order chi connectivity index (χ1) is 31.0. The predicted octanol–water partition coefficient (Wildman–Crippen LogP) is 18.8. The molecule has 0 aliphatic heterocycles. The quantitative estimate of drug-likeness (QED) is 0.0344. The van der Waals surface area contributed by atoms with Crippen molar-refractivity contribution in [2.75, 3.05) is 13.2 Å². The van der Waals surface area contributed by atoms with Crippen LogP contribution in [0.5, 0.6) is 0 Å². The summed E-state index contributed by atoms with van der Waals surface area (Å²) in [5, 5.41) is 0. The van der Waals surface area contributed by atoms with E-state index in [1.807, 2.05) is 0 Å². The molecule has 0 aliphatic carbocycles. The van der Waals surface area contributed by atoms with E-state index in [0.29, 0.717) is 19.3 Å². The van der Waals surface area contributed by atoms with Crippen molar-refractivity contribution in [2.24, 2.45) is 0 Å². The van der Waals surface area contributed by atoms with E-state index in [1.54, 1.807) is 0 Å². The van der Waals surface area contributed by atoms with E-state index in [4.69, 9.17) is 14.2 Å². The summed E-state index contributed by atoms with van der Waals surface area (Å²) < 4.78 is 16.9. The van der Waals surface area contributed by atoms with Crippen LogP contribution in [-0.2, 0) is 28.6 Å². The van der Waals surface area contributed by atoms with Crippen molar-refractivity contribution in [1.29, 1.82) is 0 Å². The maximum absolute atomic E-state index is 12.8. The average molecular weight is 892 g/mol. The lowest BCUT2D eigenvalue weighted by atomic mass is 10.0. The van der Waals surface area contributed by atoms with Gasteiger partial charge in [-0.05, 0) is 19.3 Å². The molecule has 0 rings (SSSR count). The van der Waals surface area contributed by atoms with E-state index >= 15 is 0 Å². The number of carbonyl (C=O) groups is 3. The van der Waals surface area contributed by atoms with Gasteiger partial charge in [-0.15, -0.1) is 0 Å². The minimum absolute atomic E-state index is 0.0612. The molecule has 0 aromatic heterocycles. The number of hydrogen-bond acceptors (Lipinski definition) is 6. The van der Waals surface area contributed by atoms with Crippen molar-refractivity contribution < 1.29 is 28.6 Å². The van der Waals surface area contributed by atoms with Crippen molar-refractivity contribution in [3.8, 4) is 0 Å². The normalized spacial score (nSPS) is 11.9. The Hall–Kier alpha value is -1.59. The molecule has 0 amide bonds. The Morgan fingerprint density at radius 1 is 0.254 bits per heavy atom. The molecule has 0 heterocycles. The number of hydrogen-bond donors (Lipinski definition) is 0. The van der Waals surface area contributed by atoms with Gasteiger partial charge in [-0.2, -0.15) is 0 Å². The van der Waals surface area contributed by atoms with Crippen LogP contribution in [0.15, 0.2) is 0 Å². The monoisotopic (exact) mass is 891 g/mol. The molecule has 0 spiro atoms. The van der Waals surface area contributed by atoms with E-state index < -0.39 is 6.10 Å². The highest BCUT2D eigenvalue weighted by molar-refractivity contribution is 5.71. The first kappa shape index (κ1) is 61.4. The van der Waals surface area contributed by atoms with Crippen LogP contribution in [0.2, 0.25) is 0 Å². The minimum atomic E-state index is -0.760. The van der Waals surface area contributed by atoms with Gasteiger partial charge in [0.2, 0.25) is 0 Å². The highest BCUT2D eigenvalue weighted by Gasteiger charge is 2.19. The van der Waals surface area contributed by atoms with Gasteiger partial charge in [0.1, 0.15) is 13.2 Å². The number of ether oxygens (including phenoxy) is 3. The molecule has 0 saturated carbocycles.